The molecule has 1 fully saturated rings. The van der Waals surface area contributed by atoms with Crippen LogP contribution in [0.5, 0.6) is 0 Å². The molecule has 2 unspecified atom stereocenters. The first-order chi connectivity index (χ1) is 9.00. The van der Waals surface area contributed by atoms with Gasteiger partial charge in [-0.15, -0.1) is 0 Å². The van der Waals surface area contributed by atoms with Gasteiger partial charge in [-0.1, -0.05) is 18.6 Å². The normalized spacial score (nSPS) is 24.4. The highest BCUT2D eigenvalue weighted by Crippen LogP contribution is 2.27. The summed E-state index contributed by atoms with van der Waals surface area (Å²) in [4.78, 5) is 12.3. The maximum atomic E-state index is 14.1. The lowest BCUT2D eigenvalue weighted by Crippen LogP contribution is -2.43. The van der Waals surface area contributed by atoms with E-state index in [0.717, 1.165) is 12.8 Å². The van der Waals surface area contributed by atoms with E-state index >= 15 is 0 Å². The van der Waals surface area contributed by atoms with Crippen LogP contribution in [0.25, 0.3) is 0 Å². The van der Waals surface area contributed by atoms with Crippen LogP contribution < -0.4 is 0 Å². The molecule has 0 bridgehead atoms. The van der Waals surface area contributed by atoms with Crippen LogP contribution in [-0.2, 0) is 6.54 Å². The molecule has 1 aliphatic rings. The van der Waals surface area contributed by atoms with Crippen LogP contribution in [0.15, 0.2) is 18.2 Å². The molecule has 1 aromatic carbocycles. The van der Waals surface area contributed by atoms with Gasteiger partial charge in [-0.25, -0.2) is 0 Å². The van der Waals surface area contributed by atoms with Crippen molar-refractivity contribution in [3.05, 3.63) is 39.7 Å². The van der Waals surface area contributed by atoms with Crippen molar-refractivity contribution in [1.29, 1.82) is 0 Å². The number of likely N-dealkylation sites (tertiary alicyclic amines) is 1. The summed E-state index contributed by atoms with van der Waals surface area (Å²) in [6.07, 6.45) is 3.39. The van der Waals surface area contributed by atoms with Crippen molar-refractivity contribution in [2.75, 3.05) is 0 Å². The number of piperidine rings is 1. The largest absolute Gasteiger partial charge is 0.305 e. The maximum Gasteiger partial charge on any atom is 0.305 e. The molecular weight excluding hydrogens is 247 g/mol. The molecule has 1 aromatic rings. The topological polar surface area (TPSA) is 46.4 Å². The summed E-state index contributed by atoms with van der Waals surface area (Å²) in [5, 5.41) is 10.7. The number of hydrogen-bond acceptors (Lipinski definition) is 3. The quantitative estimate of drug-likeness (QED) is 0.621. The van der Waals surface area contributed by atoms with Crippen molar-refractivity contribution in [3.8, 4) is 0 Å². The molecule has 0 radical (unpaired) electrons. The summed E-state index contributed by atoms with van der Waals surface area (Å²) in [6, 6.07) is 5.18. The molecule has 5 heteroatoms. The second-order valence-corrected chi connectivity index (χ2v) is 5.31. The minimum absolute atomic E-state index is 0.391. The van der Waals surface area contributed by atoms with Crippen LogP contribution >= 0.6 is 0 Å². The van der Waals surface area contributed by atoms with Crippen molar-refractivity contribution in [2.24, 2.45) is 0 Å². The van der Waals surface area contributed by atoms with E-state index in [0.29, 0.717) is 24.2 Å². The number of nitro benzene ring substituents is 1. The number of hydrogen-bond donors (Lipinski definition) is 0. The third kappa shape index (κ3) is 2.92. The van der Waals surface area contributed by atoms with Gasteiger partial charge in [0.15, 0.2) is 0 Å². The molecule has 19 heavy (non-hydrogen) atoms. The molecule has 2 rings (SSSR count). The molecule has 0 aromatic heterocycles. The van der Waals surface area contributed by atoms with Crippen LogP contribution in [-0.4, -0.2) is 21.9 Å². The standard InChI is InChI=1S/C14H19FN2O2/c1-10-5-3-6-11(2)16(10)9-12-7-4-8-13(14(12)15)17(18)19/h4,7-8,10-11H,3,5-6,9H2,1-2H3. The van der Waals surface area contributed by atoms with Crippen LogP contribution in [0, 0.1) is 15.9 Å². The number of rotatable bonds is 3. The van der Waals surface area contributed by atoms with Gasteiger partial charge in [-0.2, -0.15) is 4.39 Å². The first-order valence-corrected chi connectivity index (χ1v) is 6.68. The van der Waals surface area contributed by atoms with Gasteiger partial charge in [-0.05, 0) is 26.7 Å². The van der Waals surface area contributed by atoms with Crippen LogP contribution in [0.2, 0.25) is 0 Å². The fourth-order valence-electron chi connectivity index (χ4n) is 2.81. The summed E-state index contributed by atoms with van der Waals surface area (Å²) in [5.41, 5.74) is -0.0235. The van der Waals surface area contributed by atoms with Crippen LogP contribution in [0.4, 0.5) is 10.1 Å². The molecule has 0 amide bonds. The van der Waals surface area contributed by atoms with Crippen LogP contribution in [0.3, 0.4) is 0 Å². The van der Waals surface area contributed by atoms with Gasteiger partial charge in [-0.3, -0.25) is 15.0 Å². The molecule has 0 spiro atoms. The second kappa shape index (κ2) is 5.65. The summed E-state index contributed by atoms with van der Waals surface area (Å²) in [6.45, 7) is 4.70. The van der Waals surface area contributed by atoms with Crippen molar-refractivity contribution < 1.29 is 9.31 Å². The maximum absolute atomic E-state index is 14.1. The lowest BCUT2D eigenvalue weighted by molar-refractivity contribution is -0.387. The lowest BCUT2D eigenvalue weighted by atomic mass is 9.96. The van der Waals surface area contributed by atoms with Crippen molar-refractivity contribution >= 4 is 5.69 Å². The van der Waals surface area contributed by atoms with Gasteiger partial charge < -0.3 is 0 Å². The third-order valence-corrected chi connectivity index (χ3v) is 3.98. The zero-order valence-corrected chi connectivity index (χ0v) is 11.3. The van der Waals surface area contributed by atoms with E-state index in [-0.39, 0.29) is 0 Å². The number of nitro groups is 1. The van der Waals surface area contributed by atoms with E-state index in [2.05, 4.69) is 18.7 Å². The average molecular weight is 266 g/mol. The molecule has 0 N–H and O–H groups in total. The predicted molar refractivity (Wildman–Crippen MR) is 71.4 cm³/mol. The number of benzene rings is 1. The van der Waals surface area contributed by atoms with Gasteiger partial charge in [0, 0.05) is 30.3 Å². The number of halogens is 1. The Morgan fingerprint density at radius 2 is 2.00 bits per heavy atom. The molecule has 1 heterocycles. The van der Waals surface area contributed by atoms with E-state index in [1.807, 2.05) is 0 Å². The summed E-state index contributed by atoms with van der Waals surface area (Å²) < 4.78 is 14.1. The van der Waals surface area contributed by atoms with E-state index in [9.17, 15) is 14.5 Å². The Morgan fingerprint density at radius 1 is 1.37 bits per heavy atom. The monoisotopic (exact) mass is 266 g/mol. The Labute approximate surface area is 112 Å². The molecule has 1 saturated heterocycles. The zero-order valence-electron chi connectivity index (χ0n) is 11.3. The van der Waals surface area contributed by atoms with Gasteiger partial charge in [0.05, 0.1) is 4.92 Å². The van der Waals surface area contributed by atoms with E-state index in [1.165, 1.54) is 12.5 Å². The minimum atomic E-state index is -0.697. The third-order valence-electron chi connectivity index (χ3n) is 3.98. The average Bonchev–Trinajstić information content (AvgIpc) is 2.35. The molecule has 2 atom stereocenters. The van der Waals surface area contributed by atoms with Crippen molar-refractivity contribution in [2.45, 2.75) is 51.7 Å². The summed E-state index contributed by atoms with van der Waals surface area (Å²) in [7, 11) is 0. The number of nitrogens with zero attached hydrogens (tertiary/aromatic N) is 2. The van der Waals surface area contributed by atoms with Crippen molar-refractivity contribution in [3.63, 3.8) is 0 Å². The molecule has 4 nitrogen and oxygen atoms in total. The highest BCUT2D eigenvalue weighted by Gasteiger charge is 2.27. The molecule has 1 aliphatic heterocycles. The molecule has 0 saturated carbocycles. The lowest BCUT2D eigenvalue weighted by Gasteiger charge is -2.39. The molecule has 0 aliphatic carbocycles. The zero-order chi connectivity index (χ0) is 14.0. The Balaban J connectivity index is 2.23. The fourth-order valence-corrected chi connectivity index (χ4v) is 2.81. The Bertz CT molecular complexity index is 469. The minimum Gasteiger partial charge on any atom is -0.294 e. The summed E-state index contributed by atoms with van der Waals surface area (Å²) in [5.74, 6) is -0.697. The van der Waals surface area contributed by atoms with Crippen LogP contribution in [0.1, 0.15) is 38.7 Å². The SMILES string of the molecule is CC1CCCC(C)N1Cc1cccc([N+](=O)[O-])c1F. The van der Waals surface area contributed by atoms with Crippen molar-refractivity contribution in [1.82, 2.24) is 4.90 Å². The first-order valence-electron chi connectivity index (χ1n) is 6.68. The second-order valence-electron chi connectivity index (χ2n) is 5.31. The molecular formula is C14H19FN2O2. The Morgan fingerprint density at radius 3 is 2.58 bits per heavy atom. The smallest absolute Gasteiger partial charge is 0.294 e. The predicted octanol–water partition coefficient (Wildman–Crippen LogP) is 3.50. The van der Waals surface area contributed by atoms with Gasteiger partial charge >= 0.3 is 5.69 Å². The van der Waals surface area contributed by atoms with Gasteiger partial charge in [0.25, 0.3) is 0 Å². The van der Waals surface area contributed by atoms with E-state index < -0.39 is 16.4 Å². The molecule has 104 valence electrons. The summed E-state index contributed by atoms with van der Waals surface area (Å²) >= 11 is 0. The van der Waals surface area contributed by atoms with E-state index in [1.54, 1.807) is 12.1 Å². The van der Waals surface area contributed by atoms with Gasteiger partial charge in [0.1, 0.15) is 0 Å². The van der Waals surface area contributed by atoms with E-state index in [4.69, 9.17) is 0 Å². The highest BCUT2D eigenvalue weighted by atomic mass is 19.1. The van der Waals surface area contributed by atoms with Gasteiger partial charge in [0.2, 0.25) is 5.82 Å². The Hall–Kier alpha value is -1.49. The highest BCUT2D eigenvalue weighted by molar-refractivity contribution is 5.36. The fraction of sp³-hybridized carbons (Fsp3) is 0.571. The Kier molecular flexibility index (Phi) is 4.14. The first kappa shape index (κ1) is 13.9.